The monoisotopic (exact) mass is 235 g/mol. The van der Waals surface area contributed by atoms with Gasteiger partial charge in [0, 0.05) is 19.3 Å². The quantitative estimate of drug-likeness (QED) is 0.852. The summed E-state index contributed by atoms with van der Waals surface area (Å²) in [5, 5.41) is 4.19. The fourth-order valence-corrected chi connectivity index (χ4v) is 3.04. The standard InChI is InChI=1S/C14H25N3/c1-3-11-4-6-13(8-11)14(15)7-5-12-9-16-17(2)10-12/h9-11,13-14H,3-8,15H2,1-2H3. The summed E-state index contributed by atoms with van der Waals surface area (Å²) in [6, 6.07) is 0.381. The van der Waals surface area contributed by atoms with Crippen LogP contribution in [0.3, 0.4) is 0 Å². The fraction of sp³-hybridized carbons (Fsp3) is 0.786. The maximum Gasteiger partial charge on any atom is 0.0521 e. The molecule has 1 aromatic rings. The molecule has 96 valence electrons. The minimum atomic E-state index is 0.381. The minimum absolute atomic E-state index is 0.381. The lowest BCUT2D eigenvalue weighted by Gasteiger charge is -2.18. The first kappa shape index (κ1) is 12.6. The molecule has 3 atom stereocenters. The summed E-state index contributed by atoms with van der Waals surface area (Å²) in [4.78, 5) is 0. The van der Waals surface area contributed by atoms with Crippen molar-refractivity contribution in [1.29, 1.82) is 0 Å². The topological polar surface area (TPSA) is 43.8 Å². The average molecular weight is 235 g/mol. The molecule has 1 heterocycles. The maximum atomic E-state index is 6.32. The number of aryl methyl sites for hydroxylation is 2. The summed E-state index contributed by atoms with van der Waals surface area (Å²) < 4.78 is 1.86. The van der Waals surface area contributed by atoms with Crippen LogP contribution >= 0.6 is 0 Å². The summed E-state index contributed by atoms with van der Waals surface area (Å²) in [6.07, 6.45) is 11.6. The van der Waals surface area contributed by atoms with Crippen molar-refractivity contribution in [2.24, 2.45) is 24.6 Å². The maximum absolute atomic E-state index is 6.32. The number of nitrogens with two attached hydrogens (primary N) is 1. The summed E-state index contributed by atoms with van der Waals surface area (Å²) in [6.45, 7) is 2.30. The third-order valence-electron chi connectivity index (χ3n) is 4.29. The molecule has 0 radical (unpaired) electrons. The zero-order valence-electron chi connectivity index (χ0n) is 11.1. The van der Waals surface area contributed by atoms with E-state index >= 15 is 0 Å². The Morgan fingerprint density at radius 1 is 1.53 bits per heavy atom. The van der Waals surface area contributed by atoms with Gasteiger partial charge in [0.05, 0.1) is 6.20 Å². The second-order valence-corrected chi connectivity index (χ2v) is 5.57. The molecule has 1 saturated carbocycles. The molecular formula is C14H25N3. The van der Waals surface area contributed by atoms with E-state index in [1.165, 1.54) is 31.2 Å². The molecule has 1 aliphatic rings. The highest BCUT2D eigenvalue weighted by Gasteiger charge is 2.27. The van der Waals surface area contributed by atoms with E-state index in [2.05, 4.69) is 18.2 Å². The first-order valence-electron chi connectivity index (χ1n) is 6.92. The van der Waals surface area contributed by atoms with Gasteiger partial charge in [-0.1, -0.05) is 19.8 Å². The highest BCUT2D eigenvalue weighted by atomic mass is 15.2. The molecule has 0 amide bonds. The van der Waals surface area contributed by atoms with Crippen LogP contribution in [0.5, 0.6) is 0 Å². The largest absolute Gasteiger partial charge is 0.327 e. The highest BCUT2D eigenvalue weighted by molar-refractivity contribution is 5.04. The summed E-state index contributed by atoms with van der Waals surface area (Å²) >= 11 is 0. The van der Waals surface area contributed by atoms with E-state index in [1.54, 1.807) is 0 Å². The molecule has 3 heteroatoms. The normalized spacial score (nSPS) is 26.3. The van der Waals surface area contributed by atoms with Crippen molar-refractivity contribution in [1.82, 2.24) is 9.78 Å². The van der Waals surface area contributed by atoms with E-state index in [1.807, 2.05) is 17.9 Å². The molecule has 0 aromatic carbocycles. The van der Waals surface area contributed by atoms with E-state index in [0.29, 0.717) is 6.04 Å². The van der Waals surface area contributed by atoms with Crippen LogP contribution in [0.4, 0.5) is 0 Å². The Hall–Kier alpha value is -0.830. The Bertz CT molecular complexity index is 345. The van der Waals surface area contributed by atoms with Crippen LogP contribution < -0.4 is 5.73 Å². The summed E-state index contributed by atoms with van der Waals surface area (Å²) in [5.74, 6) is 1.70. The third-order valence-corrected chi connectivity index (χ3v) is 4.29. The Morgan fingerprint density at radius 2 is 2.35 bits per heavy atom. The Kier molecular flexibility index (Phi) is 4.21. The predicted molar refractivity (Wildman–Crippen MR) is 70.6 cm³/mol. The van der Waals surface area contributed by atoms with Crippen molar-refractivity contribution in [2.45, 2.75) is 51.5 Å². The molecule has 0 spiro atoms. The van der Waals surface area contributed by atoms with Gasteiger partial charge in [0.15, 0.2) is 0 Å². The van der Waals surface area contributed by atoms with E-state index < -0.39 is 0 Å². The second-order valence-electron chi connectivity index (χ2n) is 5.57. The zero-order valence-corrected chi connectivity index (χ0v) is 11.1. The van der Waals surface area contributed by atoms with Gasteiger partial charge >= 0.3 is 0 Å². The lowest BCUT2D eigenvalue weighted by molar-refractivity contribution is 0.390. The average Bonchev–Trinajstić information content (AvgIpc) is 2.94. The Balaban J connectivity index is 1.76. The van der Waals surface area contributed by atoms with Crippen molar-refractivity contribution in [3.8, 4) is 0 Å². The van der Waals surface area contributed by atoms with Gasteiger partial charge in [-0.2, -0.15) is 5.10 Å². The molecule has 2 N–H and O–H groups in total. The number of aromatic nitrogens is 2. The minimum Gasteiger partial charge on any atom is -0.327 e. The van der Waals surface area contributed by atoms with Crippen LogP contribution in [0.1, 0.15) is 44.6 Å². The van der Waals surface area contributed by atoms with Gasteiger partial charge in [-0.3, -0.25) is 4.68 Å². The van der Waals surface area contributed by atoms with E-state index in [4.69, 9.17) is 5.73 Å². The van der Waals surface area contributed by atoms with Gasteiger partial charge in [0.1, 0.15) is 0 Å². The first-order valence-corrected chi connectivity index (χ1v) is 6.92. The van der Waals surface area contributed by atoms with Crippen LogP contribution in [0.15, 0.2) is 12.4 Å². The van der Waals surface area contributed by atoms with E-state index in [-0.39, 0.29) is 0 Å². The SMILES string of the molecule is CCC1CCC(C(N)CCc2cnn(C)c2)C1. The lowest BCUT2D eigenvalue weighted by atomic mass is 9.92. The molecular weight excluding hydrogens is 210 g/mol. The predicted octanol–water partition coefficient (Wildman–Crippen LogP) is 2.51. The molecule has 0 saturated heterocycles. The molecule has 0 bridgehead atoms. The third kappa shape index (κ3) is 3.32. The van der Waals surface area contributed by atoms with Crippen LogP contribution in [-0.2, 0) is 13.5 Å². The van der Waals surface area contributed by atoms with E-state index in [0.717, 1.165) is 24.7 Å². The number of hydrogen-bond donors (Lipinski definition) is 1. The summed E-state index contributed by atoms with van der Waals surface area (Å²) in [5.41, 5.74) is 7.64. The van der Waals surface area contributed by atoms with Gasteiger partial charge in [-0.15, -0.1) is 0 Å². The molecule has 3 nitrogen and oxygen atoms in total. The molecule has 2 rings (SSSR count). The van der Waals surface area contributed by atoms with Crippen LogP contribution in [0.2, 0.25) is 0 Å². The van der Waals surface area contributed by atoms with E-state index in [9.17, 15) is 0 Å². The van der Waals surface area contributed by atoms with Gasteiger partial charge in [0.2, 0.25) is 0 Å². The number of nitrogens with zero attached hydrogens (tertiary/aromatic N) is 2. The molecule has 1 fully saturated rings. The highest BCUT2D eigenvalue weighted by Crippen LogP contribution is 2.35. The Morgan fingerprint density at radius 3 is 2.94 bits per heavy atom. The van der Waals surface area contributed by atoms with Gasteiger partial charge < -0.3 is 5.73 Å². The Labute approximate surface area is 104 Å². The molecule has 0 aliphatic heterocycles. The molecule has 1 aromatic heterocycles. The van der Waals surface area contributed by atoms with Crippen molar-refractivity contribution in [3.05, 3.63) is 18.0 Å². The summed E-state index contributed by atoms with van der Waals surface area (Å²) in [7, 11) is 1.96. The van der Waals surface area contributed by atoms with Crippen molar-refractivity contribution in [2.75, 3.05) is 0 Å². The lowest BCUT2D eigenvalue weighted by Crippen LogP contribution is -2.29. The van der Waals surface area contributed by atoms with Gasteiger partial charge in [-0.25, -0.2) is 0 Å². The van der Waals surface area contributed by atoms with Crippen LogP contribution in [-0.4, -0.2) is 15.8 Å². The second kappa shape index (κ2) is 5.67. The molecule has 1 aliphatic carbocycles. The fourth-order valence-electron chi connectivity index (χ4n) is 3.04. The first-order chi connectivity index (χ1) is 8.19. The van der Waals surface area contributed by atoms with Crippen molar-refractivity contribution >= 4 is 0 Å². The van der Waals surface area contributed by atoms with Gasteiger partial charge in [0.25, 0.3) is 0 Å². The van der Waals surface area contributed by atoms with Crippen molar-refractivity contribution in [3.63, 3.8) is 0 Å². The number of hydrogen-bond acceptors (Lipinski definition) is 2. The van der Waals surface area contributed by atoms with Crippen LogP contribution in [0, 0.1) is 11.8 Å². The smallest absolute Gasteiger partial charge is 0.0521 e. The van der Waals surface area contributed by atoms with Crippen molar-refractivity contribution < 1.29 is 0 Å². The zero-order chi connectivity index (χ0) is 12.3. The van der Waals surface area contributed by atoms with Crippen LogP contribution in [0.25, 0.3) is 0 Å². The molecule has 17 heavy (non-hydrogen) atoms. The molecule has 3 unspecified atom stereocenters. The van der Waals surface area contributed by atoms with Gasteiger partial charge in [-0.05, 0) is 43.1 Å². The number of rotatable bonds is 5.